The molecule has 2 aromatic carbocycles. The van der Waals surface area contributed by atoms with Gasteiger partial charge in [0.2, 0.25) is 0 Å². The lowest BCUT2D eigenvalue weighted by Gasteiger charge is -2.13. The van der Waals surface area contributed by atoms with Crippen LogP contribution in [-0.2, 0) is 0 Å². The van der Waals surface area contributed by atoms with Crippen molar-refractivity contribution in [2.45, 2.75) is 0 Å². The Hall–Kier alpha value is -2.60. The summed E-state index contributed by atoms with van der Waals surface area (Å²) >= 11 is 5.31. The fraction of sp³-hybridized carbons (Fsp3) is 0.0667. The van der Waals surface area contributed by atoms with Gasteiger partial charge in [-0.2, -0.15) is 0 Å². The summed E-state index contributed by atoms with van der Waals surface area (Å²) < 4.78 is 10.2. The normalized spacial score (nSPS) is 10.3. The van der Waals surface area contributed by atoms with Crippen molar-refractivity contribution >= 4 is 39.6 Å². The first kappa shape index (κ1) is 13.4. The predicted molar refractivity (Wildman–Crippen MR) is 86.8 cm³/mol. The molecule has 0 fully saturated rings. The second kappa shape index (κ2) is 5.80. The molecule has 2 N–H and O–H groups in total. The van der Waals surface area contributed by atoms with Crippen LogP contribution in [0.1, 0.15) is 0 Å². The third-order valence-corrected chi connectivity index (χ3v) is 3.18. The minimum atomic E-state index is 0.474. The molecule has 0 aliphatic rings. The van der Waals surface area contributed by atoms with E-state index in [0.717, 1.165) is 28.0 Å². The molecule has 0 aliphatic carbocycles. The molecule has 1 aromatic heterocycles. The number of methoxy groups -OCH3 is 1. The SMILES string of the molecule is COc1ccccc1NC(=S)Nc1ccc2conc2c1. The van der Waals surface area contributed by atoms with Crippen LogP contribution < -0.4 is 15.4 Å². The summed E-state index contributed by atoms with van der Waals surface area (Å²) in [6.45, 7) is 0. The molecule has 5 nitrogen and oxygen atoms in total. The Labute approximate surface area is 126 Å². The van der Waals surface area contributed by atoms with Gasteiger partial charge in [-0.15, -0.1) is 0 Å². The van der Waals surface area contributed by atoms with Crippen LogP contribution in [0.4, 0.5) is 11.4 Å². The molecule has 0 atom stereocenters. The van der Waals surface area contributed by atoms with Crippen LogP contribution in [0.2, 0.25) is 0 Å². The molecule has 0 aliphatic heterocycles. The highest BCUT2D eigenvalue weighted by atomic mass is 32.1. The average molecular weight is 299 g/mol. The number of para-hydroxylation sites is 2. The number of thiocarbonyl (C=S) groups is 1. The van der Waals surface area contributed by atoms with Gasteiger partial charge >= 0.3 is 0 Å². The highest BCUT2D eigenvalue weighted by molar-refractivity contribution is 7.80. The van der Waals surface area contributed by atoms with E-state index < -0.39 is 0 Å². The molecule has 3 rings (SSSR count). The molecular weight excluding hydrogens is 286 g/mol. The molecule has 1 heterocycles. The van der Waals surface area contributed by atoms with Crippen molar-refractivity contribution in [3.8, 4) is 5.75 Å². The Morgan fingerprint density at radius 1 is 1.19 bits per heavy atom. The minimum absolute atomic E-state index is 0.474. The molecule has 0 spiro atoms. The van der Waals surface area contributed by atoms with Crippen molar-refractivity contribution in [1.29, 1.82) is 0 Å². The molecule has 0 amide bonds. The molecule has 106 valence electrons. The van der Waals surface area contributed by atoms with E-state index in [4.69, 9.17) is 21.5 Å². The lowest BCUT2D eigenvalue weighted by atomic mass is 10.2. The Morgan fingerprint density at radius 2 is 2.05 bits per heavy atom. The van der Waals surface area contributed by atoms with Crippen molar-refractivity contribution in [2.75, 3.05) is 17.7 Å². The third kappa shape index (κ3) is 2.95. The van der Waals surface area contributed by atoms with Gasteiger partial charge in [-0.05, 0) is 42.5 Å². The smallest absolute Gasteiger partial charge is 0.175 e. The standard InChI is InChI=1S/C15H13N3O2S/c1-19-14-5-3-2-4-12(14)17-15(21)16-11-7-6-10-9-20-18-13(10)8-11/h2-9H,1H3,(H2,16,17,21). The van der Waals surface area contributed by atoms with Crippen LogP contribution in [0.5, 0.6) is 5.75 Å². The first-order chi connectivity index (χ1) is 10.3. The molecule has 0 radical (unpaired) electrons. The zero-order valence-electron chi connectivity index (χ0n) is 11.3. The van der Waals surface area contributed by atoms with Crippen molar-refractivity contribution in [1.82, 2.24) is 5.16 Å². The number of hydrogen-bond acceptors (Lipinski definition) is 4. The monoisotopic (exact) mass is 299 g/mol. The number of benzene rings is 2. The first-order valence-electron chi connectivity index (χ1n) is 6.31. The molecular formula is C15H13N3O2S. The molecule has 0 bridgehead atoms. The topological polar surface area (TPSA) is 59.3 Å². The minimum Gasteiger partial charge on any atom is -0.495 e. The Balaban J connectivity index is 1.73. The van der Waals surface area contributed by atoms with Crippen molar-refractivity contribution in [3.05, 3.63) is 48.7 Å². The number of anilines is 2. The number of nitrogens with one attached hydrogen (secondary N) is 2. The second-order valence-corrected chi connectivity index (χ2v) is 4.78. The summed E-state index contributed by atoms with van der Waals surface area (Å²) in [5, 5.41) is 11.5. The molecule has 3 aromatic rings. The van der Waals surface area contributed by atoms with Gasteiger partial charge in [0.25, 0.3) is 0 Å². The quantitative estimate of drug-likeness (QED) is 0.720. The van der Waals surface area contributed by atoms with Gasteiger partial charge in [0.1, 0.15) is 17.5 Å². The third-order valence-electron chi connectivity index (χ3n) is 2.97. The fourth-order valence-corrected chi connectivity index (χ4v) is 2.20. The van der Waals surface area contributed by atoms with Gasteiger partial charge in [-0.25, -0.2) is 0 Å². The summed E-state index contributed by atoms with van der Waals surface area (Å²) in [5.41, 5.74) is 2.42. The van der Waals surface area contributed by atoms with E-state index in [0.29, 0.717) is 5.11 Å². The number of rotatable bonds is 3. The average Bonchev–Trinajstić information content (AvgIpc) is 2.95. The zero-order chi connectivity index (χ0) is 14.7. The molecule has 0 saturated carbocycles. The second-order valence-electron chi connectivity index (χ2n) is 4.37. The maximum Gasteiger partial charge on any atom is 0.175 e. The number of hydrogen-bond donors (Lipinski definition) is 2. The molecule has 0 saturated heterocycles. The Kier molecular flexibility index (Phi) is 3.70. The van der Waals surface area contributed by atoms with Crippen LogP contribution in [-0.4, -0.2) is 17.4 Å². The zero-order valence-corrected chi connectivity index (χ0v) is 12.1. The van der Waals surface area contributed by atoms with Gasteiger partial charge in [0, 0.05) is 11.1 Å². The summed E-state index contributed by atoms with van der Waals surface area (Å²) in [6, 6.07) is 13.3. The first-order valence-corrected chi connectivity index (χ1v) is 6.72. The Morgan fingerprint density at radius 3 is 2.90 bits per heavy atom. The lowest BCUT2D eigenvalue weighted by molar-refractivity contribution is 0.417. The maximum atomic E-state index is 5.31. The van der Waals surface area contributed by atoms with Gasteiger partial charge in [-0.1, -0.05) is 17.3 Å². The van der Waals surface area contributed by atoms with Gasteiger partial charge in [0.05, 0.1) is 12.8 Å². The van der Waals surface area contributed by atoms with Crippen LogP contribution in [0.15, 0.2) is 53.3 Å². The van der Waals surface area contributed by atoms with Crippen LogP contribution in [0.25, 0.3) is 10.9 Å². The van der Waals surface area contributed by atoms with E-state index in [1.165, 1.54) is 0 Å². The number of fused-ring (bicyclic) bond motifs is 1. The van der Waals surface area contributed by atoms with E-state index in [2.05, 4.69) is 15.8 Å². The van der Waals surface area contributed by atoms with Crippen molar-refractivity contribution in [3.63, 3.8) is 0 Å². The molecule has 0 unspecified atom stereocenters. The summed E-state index contributed by atoms with van der Waals surface area (Å²) in [4.78, 5) is 0. The van der Waals surface area contributed by atoms with E-state index in [1.807, 2.05) is 42.5 Å². The van der Waals surface area contributed by atoms with Crippen LogP contribution in [0, 0.1) is 0 Å². The van der Waals surface area contributed by atoms with E-state index >= 15 is 0 Å². The summed E-state index contributed by atoms with van der Waals surface area (Å²) in [7, 11) is 1.62. The highest BCUT2D eigenvalue weighted by Crippen LogP contribution is 2.23. The number of aromatic nitrogens is 1. The number of nitrogens with zero attached hydrogens (tertiary/aromatic N) is 1. The van der Waals surface area contributed by atoms with Gasteiger partial charge in [0.15, 0.2) is 5.11 Å². The van der Waals surface area contributed by atoms with Crippen molar-refractivity contribution in [2.24, 2.45) is 0 Å². The predicted octanol–water partition coefficient (Wildman–Crippen LogP) is 3.65. The number of ether oxygens (including phenoxy) is 1. The van der Waals surface area contributed by atoms with Crippen molar-refractivity contribution < 1.29 is 9.26 Å². The van der Waals surface area contributed by atoms with E-state index in [9.17, 15) is 0 Å². The fourth-order valence-electron chi connectivity index (χ4n) is 1.97. The molecule has 6 heteroatoms. The summed E-state index contributed by atoms with van der Waals surface area (Å²) in [5.74, 6) is 0.730. The Bertz CT molecular complexity index is 785. The highest BCUT2D eigenvalue weighted by Gasteiger charge is 2.05. The van der Waals surface area contributed by atoms with E-state index in [-0.39, 0.29) is 0 Å². The molecule has 21 heavy (non-hydrogen) atoms. The van der Waals surface area contributed by atoms with Gasteiger partial charge < -0.3 is 19.9 Å². The summed E-state index contributed by atoms with van der Waals surface area (Å²) in [6.07, 6.45) is 1.60. The van der Waals surface area contributed by atoms with E-state index in [1.54, 1.807) is 13.4 Å². The van der Waals surface area contributed by atoms with Crippen LogP contribution >= 0.6 is 12.2 Å². The lowest BCUT2D eigenvalue weighted by Crippen LogP contribution is -2.19. The van der Waals surface area contributed by atoms with Gasteiger partial charge in [-0.3, -0.25) is 0 Å². The maximum absolute atomic E-state index is 5.31. The van der Waals surface area contributed by atoms with Crippen LogP contribution in [0.3, 0.4) is 0 Å². The largest absolute Gasteiger partial charge is 0.495 e.